The van der Waals surface area contributed by atoms with E-state index in [2.05, 4.69) is 25.6 Å². The average molecular weight is 455 g/mol. The van der Waals surface area contributed by atoms with Crippen LogP contribution in [0.3, 0.4) is 0 Å². The molecule has 1 amide bonds. The highest BCUT2D eigenvalue weighted by molar-refractivity contribution is 6.30. The van der Waals surface area contributed by atoms with Crippen molar-refractivity contribution in [2.24, 2.45) is 5.73 Å². The lowest BCUT2D eigenvalue weighted by Crippen LogP contribution is -2.33. The molecular formula is C23H27ClN6O2. The van der Waals surface area contributed by atoms with E-state index in [-0.39, 0.29) is 12.5 Å². The fourth-order valence-electron chi connectivity index (χ4n) is 3.78. The third-order valence-corrected chi connectivity index (χ3v) is 5.79. The Bertz CT molecular complexity index is 1080. The van der Waals surface area contributed by atoms with Crippen molar-refractivity contribution in [2.75, 3.05) is 25.1 Å². The zero-order chi connectivity index (χ0) is 22.5. The number of hydrogen-bond donors (Lipinski definition) is 4. The van der Waals surface area contributed by atoms with E-state index < -0.39 is 6.04 Å². The van der Waals surface area contributed by atoms with Crippen LogP contribution in [0.5, 0.6) is 0 Å². The molecule has 1 saturated heterocycles. The second-order valence-corrected chi connectivity index (χ2v) is 8.35. The van der Waals surface area contributed by atoms with Crippen molar-refractivity contribution in [3.8, 4) is 11.1 Å². The molecule has 9 heteroatoms. The number of aromatic nitrogens is 3. The van der Waals surface area contributed by atoms with Gasteiger partial charge in [-0.2, -0.15) is 0 Å². The predicted octanol–water partition coefficient (Wildman–Crippen LogP) is 3.45. The van der Waals surface area contributed by atoms with Gasteiger partial charge in [-0.3, -0.25) is 9.78 Å². The summed E-state index contributed by atoms with van der Waals surface area (Å²) in [6, 6.07) is 5.57. The van der Waals surface area contributed by atoms with Crippen molar-refractivity contribution < 1.29 is 9.53 Å². The molecule has 1 fully saturated rings. The summed E-state index contributed by atoms with van der Waals surface area (Å²) in [5, 5.41) is 6.93. The fourth-order valence-corrected chi connectivity index (χ4v) is 3.96. The number of H-pyrrole nitrogens is 1. The Morgan fingerprint density at radius 1 is 1.28 bits per heavy atom. The van der Waals surface area contributed by atoms with Crippen molar-refractivity contribution >= 4 is 23.3 Å². The van der Waals surface area contributed by atoms with E-state index in [0.29, 0.717) is 16.8 Å². The molecule has 0 aliphatic carbocycles. The second-order valence-electron chi connectivity index (χ2n) is 7.92. The topological polar surface area (TPSA) is 118 Å². The molecule has 4 heterocycles. The number of carbonyl (C=O) groups is 1. The van der Waals surface area contributed by atoms with Gasteiger partial charge in [0.2, 0.25) is 0 Å². The molecule has 0 spiro atoms. The fraction of sp³-hybridized carbons (Fsp3) is 0.348. The van der Waals surface area contributed by atoms with E-state index in [9.17, 15) is 4.79 Å². The Morgan fingerprint density at radius 3 is 2.84 bits per heavy atom. The number of halogens is 1. The monoisotopic (exact) mass is 454 g/mol. The highest BCUT2D eigenvalue weighted by Crippen LogP contribution is 2.27. The van der Waals surface area contributed by atoms with E-state index in [1.165, 1.54) is 0 Å². The molecule has 0 saturated carbocycles. The summed E-state index contributed by atoms with van der Waals surface area (Å²) in [6.07, 6.45) is 8.79. The lowest BCUT2D eigenvalue weighted by atomic mass is 10.0. The SMILES string of the molecule is Cc1cnc(NC2CCOCC2)cc1-c1c[nH]c(C(=O)NC(CN)c2cncc(Cl)c2)c1. The highest BCUT2D eigenvalue weighted by Gasteiger charge is 2.18. The van der Waals surface area contributed by atoms with Crippen LogP contribution in [0.2, 0.25) is 5.02 Å². The Morgan fingerprint density at radius 2 is 2.09 bits per heavy atom. The summed E-state index contributed by atoms with van der Waals surface area (Å²) in [5.74, 6) is 0.570. The minimum absolute atomic E-state index is 0.228. The van der Waals surface area contributed by atoms with Crippen LogP contribution >= 0.6 is 11.6 Å². The normalized spacial score (nSPS) is 15.3. The van der Waals surface area contributed by atoms with Crippen molar-refractivity contribution in [3.63, 3.8) is 0 Å². The summed E-state index contributed by atoms with van der Waals surface area (Å²) in [5.41, 5.74) is 10.0. The van der Waals surface area contributed by atoms with Crippen molar-refractivity contribution in [1.29, 1.82) is 0 Å². The summed E-state index contributed by atoms with van der Waals surface area (Å²) in [7, 11) is 0. The second kappa shape index (κ2) is 10.1. The number of rotatable bonds is 7. The lowest BCUT2D eigenvalue weighted by Gasteiger charge is -2.24. The third-order valence-electron chi connectivity index (χ3n) is 5.58. The number of carbonyl (C=O) groups excluding carboxylic acids is 1. The summed E-state index contributed by atoms with van der Waals surface area (Å²) >= 11 is 6.02. The van der Waals surface area contributed by atoms with E-state index in [0.717, 1.165) is 54.1 Å². The number of nitrogens with two attached hydrogens (primary N) is 1. The molecule has 0 radical (unpaired) electrons. The zero-order valence-electron chi connectivity index (χ0n) is 17.9. The zero-order valence-corrected chi connectivity index (χ0v) is 18.7. The standard InChI is InChI=1S/C23H27ClN6O2/c1-14-10-28-22(29-18-2-4-32-5-3-18)8-19(14)15-7-20(27-12-15)23(31)30-21(9-25)16-6-17(24)13-26-11-16/h6-8,10-13,18,21,27H,2-5,9,25H2,1H3,(H,28,29)(H,30,31). The minimum Gasteiger partial charge on any atom is -0.381 e. The first kappa shape index (κ1) is 22.3. The number of aryl methyl sites for hydroxylation is 1. The van der Waals surface area contributed by atoms with Gasteiger partial charge in [-0.05, 0) is 54.7 Å². The maximum absolute atomic E-state index is 12.8. The molecule has 1 unspecified atom stereocenters. The number of anilines is 1. The molecule has 1 aliphatic rings. The van der Waals surface area contributed by atoms with E-state index in [4.69, 9.17) is 22.1 Å². The van der Waals surface area contributed by atoms with Crippen LogP contribution in [-0.4, -0.2) is 46.7 Å². The van der Waals surface area contributed by atoms with Gasteiger partial charge in [0.1, 0.15) is 11.5 Å². The Kier molecular flexibility index (Phi) is 7.04. The third kappa shape index (κ3) is 5.27. The highest BCUT2D eigenvalue weighted by atomic mass is 35.5. The lowest BCUT2D eigenvalue weighted by molar-refractivity contribution is 0.0903. The van der Waals surface area contributed by atoms with Crippen LogP contribution in [0.1, 0.15) is 40.5 Å². The first-order chi connectivity index (χ1) is 15.5. The quantitative estimate of drug-likeness (QED) is 0.434. The molecule has 8 nitrogen and oxygen atoms in total. The number of amides is 1. The first-order valence-electron chi connectivity index (χ1n) is 10.6. The average Bonchev–Trinajstić information content (AvgIpc) is 3.29. The van der Waals surface area contributed by atoms with Crippen LogP contribution in [0, 0.1) is 6.92 Å². The van der Waals surface area contributed by atoms with Crippen LogP contribution in [0.4, 0.5) is 5.82 Å². The summed E-state index contributed by atoms with van der Waals surface area (Å²) < 4.78 is 5.42. The van der Waals surface area contributed by atoms with Gasteiger partial charge in [-0.1, -0.05) is 11.6 Å². The molecule has 0 aromatic carbocycles. The van der Waals surface area contributed by atoms with Gasteiger partial charge in [0.25, 0.3) is 5.91 Å². The largest absolute Gasteiger partial charge is 0.381 e. The summed E-state index contributed by atoms with van der Waals surface area (Å²) in [4.78, 5) is 24.5. The molecule has 168 valence electrons. The van der Waals surface area contributed by atoms with Gasteiger partial charge >= 0.3 is 0 Å². The molecule has 1 aliphatic heterocycles. The van der Waals surface area contributed by atoms with E-state index in [1.807, 2.05) is 31.5 Å². The van der Waals surface area contributed by atoms with Crippen molar-refractivity contribution in [2.45, 2.75) is 31.8 Å². The molecule has 5 N–H and O–H groups in total. The molecule has 3 aromatic heterocycles. The number of nitrogens with one attached hydrogen (secondary N) is 3. The summed E-state index contributed by atoms with van der Waals surface area (Å²) in [6.45, 7) is 3.76. The van der Waals surface area contributed by atoms with Crippen molar-refractivity contribution in [3.05, 3.63) is 64.8 Å². The Labute approximate surface area is 191 Å². The number of pyridine rings is 2. The molecule has 0 bridgehead atoms. The Balaban J connectivity index is 1.49. The molecular weight excluding hydrogens is 428 g/mol. The van der Waals surface area contributed by atoms with Crippen LogP contribution < -0.4 is 16.4 Å². The van der Waals surface area contributed by atoms with Crippen molar-refractivity contribution in [1.82, 2.24) is 20.3 Å². The van der Waals surface area contributed by atoms with Crippen LogP contribution in [0.25, 0.3) is 11.1 Å². The van der Waals surface area contributed by atoms with E-state index in [1.54, 1.807) is 18.5 Å². The first-order valence-corrected chi connectivity index (χ1v) is 11.0. The number of ether oxygens (including phenoxy) is 1. The molecule has 1 atom stereocenters. The van der Waals surface area contributed by atoms with Gasteiger partial charge in [-0.25, -0.2) is 4.98 Å². The maximum atomic E-state index is 12.8. The van der Waals surface area contributed by atoms with Gasteiger partial charge in [-0.15, -0.1) is 0 Å². The molecule has 3 aromatic rings. The predicted molar refractivity (Wildman–Crippen MR) is 125 cm³/mol. The smallest absolute Gasteiger partial charge is 0.268 e. The maximum Gasteiger partial charge on any atom is 0.268 e. The Hall–Kier alpha value is -2.94. The van der Waals surface area contributed by atoms with Gasteiger partial charge in [0.05, 0.1) is 11.1 Å². The van der Waals surface area contributed by atoms with Gasteiger partial charge < -0.3 is 26.1 Å². The number of aromatic amines is 1. The van der Waals surface area contributed by atoms with Crippen LogP contribution in [-0.2, 0) is 4.74 Å². The number of nitrogens with zero attached hydrogens (tertiary/aromatic N) is 2. The molecule has 4 rings (SSSR count). The number of hydrogen-bond acceptors (Lipinski definition) is 6. The minimum atomic E-state index is -0.390. The molecule has 32 heavy (non-hydrogen) atoms. The van der Waals surface area contributed by atoms with E-state index >= 15 is 0 Å². The van der Waals surface area contributed by atoms with Gasteiger partial charge in [0, 0.05) is 56.2 Å². The van der Waals surface area contributed by atoms with Gasteiger partial charge in [0.15, 0.2) is 0 Å². The van der Waals surface area contributed by atoms with Crippen LogP contribution in [0.15, 0.2) is 43.0 Å².